The van der Waals surface area contributed by atoms with Crippen LogP contribution in [0.1, 0.15) is 25.7 Å². The van der Waals surface area contributed by atoms with Gasteiger partial charge < -0.3 is 15.3 Å². The number of rotatable bonds is 2. The van der Waals surface area contributed by atoms with E-state index in [0.717, 1.165) is 17.7 Å². The maximum absolute atomic E-state index is 12.0. The number of imide groups is 1. The van der Waals surface area contributed by atoms with Crippen LogP contribution in [0.3, 0.4) is 0 Å². The second kappa shape index (κ2) is 4.87. The van der Waals surface area contributed by atoms with Crippen LogP contribution >= 0.6 is 0 Å². The molecule has 0 radical (unpaired) electrons. The Morgan fingerprint density at radius 3 is 2.16 bits per heavy atom. The number of hydrogen-bond acceptors (Lipinski definition) is 4. The van der Waals surface area contributed by atoms with Crippen LogP contribution in [-0.4, -0.2) is 52.4 Å². The zero-order chi connectivity index (χ0) is 14.0. The summed E-state index contributed by atoms with van der Waals surface area (Å²) in [5, 5.41) is 13.8. The van der Waals surface area contributed by atoms with E-state index >= 15 is 0 Å². The van der Waals surface area contributed by atoms with Crippen LogP contribution in [0.5, 0.6) is 0 Å². The lowest BCUT2D eigenvalue weighted by molar-refractivity contribution is -0.144. The summed E-state index contributed by atoms with van der Waals surface area (Å²) in [4.78, 5) is 46.6. The Morgan fingerprint density at radius 1 is 1.16 bits per heavy atom. The van der Waals surface area contributed by atoms with Crippen molar-refractivity contribution in [1.29, 1.82) is 0 Å². The van der Waals surface area contributed by atoms with Gasteiger partial charge in [-0.25, -0.2) is 9.59 Å². The van der Waals surface area contributed by atoms with Gasteiger partial charge in [0.15, 0.2) is 0 Å². The number of nitrogens with zero attached hydrogens (tertiary/aromatic N) is 1. The number of carboxylic acids is 1. The lowest BCUT2D eigenvalue weighted by Gasteiger charge is -2.31. The van der Waals surface area contributed by atoms with Crippen LogP contribution in [0.25, 0.3) is 0 Å². The Bertz CT molecular complexity index is 426. The van der Waals surface area contributed by atoms with Gasteiger partial charge in [0, 0.05) is 0 Å². The summed E-state index contributed by atoms with van der Waals surface area (Å²) in [5.41, 5.74) is -1.27. The fourth-order valence-corrected chi connectivity index (χ4v) is 2.44. The number of urea groups is 1. The van der Waals surface area contributed by atoms with Gasteiger partial charge in [-0.1, -0.05) is 12.8 Å². The van der Waals surface area contributed by atoms with Crippen molar-refractivity contribution in [2.75, 3.05) is 13.1 Å². The molecule has 1 aliphatic carbocycles. The number of carboxylic acid groups (broad SMARTS) is 1. The van der Waals surface area contributed by atoms with Gasteiger partial charge in [-0.05, 0) is 12.8 Å². The zero-order valence-corrected chi connectivity index (χ0v) is 10.3. The molecule has 0 aromatic heterocycles. The molecular formula is C11H15N3O5. The van der Waals surface area contributed by atoms with Crippen molar-refractivity contribution in [2.24, 2.45) is 0 Å². The van der Waals surface area contributed by atoms with Crippen molar-refractivity contribution >= 4 is 23.8 Å². The normalized spacial score (nSPS) is 22.0. The van der Waals surface area contributed by atoms with Crippen molar-refractivity contribution in [2.45, 2.75) is 31.2 Å². The molecule has 1 heterocycles. The number of aliphatic carboxylic acids is 1. The Balaban J connectivity index is 2.05. The molecule has 3 N–H and O–H groups in total. The molecule has 0 aromatic rings. The number of amides is 4. The van der Waals surface area contributed by atoms with E-state index in [1.54, 1.807) is 0 Å². The molecule has 8 nitrogen and oxygen atoms in total. The molecule has 2 fully saturated rings. The largest absolute Gasteiger partial charge is 0.480 e. The summed E-state index contributed by atoms with van der Waals surface area (Å²) < 4.78 is 0. The van der Waals surface area contributed by atoms with Gasteiger partial charge >= 0.3 is 12.0 Å². The number of carbonyl (C=O) groups is 4. The minimum absolute atomic E-state index is 0.243. The summed E-state index contributed by atoms with van der Waals surface area (Å²) in [6.07, 6.45) is 2.18. The van der Waals surface area contributed by atoms with Gasteiger partial charge in [0.2, 0.25) is 11.8 Å². The molecule has 8 heteroatoms. The molecule has 0 unspecified atom stereocenters. The van der Waals surface area contributed by atoms with E-state index in [9.17, 15) is 24.3 Å². The fraction of sp³-hybridized carbons (Fsp3) is 0.636. The van der Waals surface area contributed by atoms with Crippen LogP contribution in [0.2, 0.25) is 0 Å². The highest BCUT2D eigenvalue weighted by molar-refractivity contribution is 6.02. The van der Waals surface area contributed by atoms with E-state index in [-0.39, 0.29) is 13.1 Å². The van der Waals surface area contributed by atoms with Crippen molar-refractivity contribution in [3.05, 3.63) is 0 Å². The molecule has 0 atom stereocenters. The van der Waals surface area contributed by atoms with Crippen LogP contribution in [0.4, 0.5) is 4.79 Å². The van der Waals surface area contributed by atoms with Crippen LogP contribution in [-0.2, 0) is 14.4 Å². The Hall–Kier alpha value is -2.12. The lowest BCUT2D eigenvalue weighted by Crippen LogP contribution is -2.61. The second-order valence-corrected chi connectivity index (χ2v) is 4.85. The van der Waals surface area contributed by atoms with Crippen LogP contribution < -0.4 is 10.6 Å². The minimum atomic E-state index is -1.27. The first-order chi connectivity index (χ1) is 8.93. The maximum Gasteiger partial charge on any atom is 0.329 e. The molecule has 2 aliphatic rings. The molecule has 2 rings (SSSR count). The van der Waals surface area contributed by atoms with Crippen molar-refractivity contribution in [1.82, 2.24) is 15.5 Å². The molecule has 4 amide bonds. The van der Waals surface area contributed by atoms with Crippen LogP contribution in [0, 0.1) is 0 Å². The summed E-state index contributed by atoms with van der Waals surface area (Å²) in [6.45, 7) is -0.486. The van der Waals surface area contributed by atoms with Gasteiger partial charge in [0.05, 0.1) is 0 Å². The van der Waals surface area contributed by atoms with Gasteiger partial charge in [-0.3, -0.25) is 14.9 Å². The SMILES string of the molecule is O=C1CN(C(=O)NC2(C(=O)O)CCCC2)CC(=O)N1. The quantitative estimate of drug-likeness (QED) is 0.559. The summed E-state index contributed by atoms with van der Waals surface area (Å²) in [6, 6.07) is -0.687. The highest BCUT2D eigenvalue weighted by atomic mass is 16.4. The van der Waals surface area contributed by atoms with Crippen LogP contribution in [0.15, 0.2) is 0 Å². The first-order valence-corrected chi connectivity index (χ1v) is 6.06. The van der Waals surface area contributed by atoms with E-state index in [1.807, 2.05) is 0 Å². The van der Waals surface area contributed by atoms with Crippen molar-refractivity contribution in [3.8, 4) is 0 Å². The molecule has 1 saturated heterocycles. The predicted molar refractivity (Wildman–Crippen MR) is 62.1 cm³/mol. The lowest BCUT2D eigenvalue weighted by atomic mass is 9.98. The van der Waals surface area contributed by atoms with E-state index in [2.05, 4.69) is 10.6 Å². The van der Waals surface area contributed by atoms with Gasteiger partial charge in [-0.15, -0.1) is 0 Å². The van der Waals surface area contributed by atoms with E-state index in [4.69, 9.17) is 0 Å². The Kier molecular flexibility index (Phi) is 3.41. The Morgan fingerprint density at radius 2 is 1.68 bits per heavy atom. The summed E-state index contributed by atoms with van der Waals surface area (Å²) in [7, 11) is 0. The number of carbonyl (C=O) groups excluding carboxylic acids is 3. The topological polar surface area (TPSA) is 116 Å². The number of piperazine rings is 1. The first-order valence-electron chi connectivity index (χ1n) is 6.06. The monoisotopic (exact) mass is 269 g/mol. The summed E-state index contributed by atoms with van der Waals surface area (Å²) in [5.74, 6) is -2.21. The van der Waals surface area contributed by atoms with Crippen molar-refractivity contribution < 1.29 is 24.3 Å². The van der Waals surface area contributed by atoms with Gasteiger partial charge in [-0.2, -0.15) is 0 Å². The zero-order valence-electron chi connectivity index (χ0n) is 10.3. The smallest absolute Gasteiger partial charge is 0.329 e. The molecule has 0 spiro atoms. The highest BCUT2D eigenvalue weighted by Gasteiger charge is 2.44. The molecule has 0 bridgehead atoms. The standard InChI is InChI=1S/C11H15N3O5/c15-7-5-14(6-8(16)12-7)10(19)13-11(9(17)18)3-1-2-4-11/h1-6H2,(H,13,19)(H,17,18)(H,12,15,16). The molecule has 104 valence electrons. The van der Waals surface area contributed by atoms with E-state index in [1.165, 1.54) is 0 Å². The van der Waals surface area contributed by atoms with Gasteiger partial charge in [0.1, 0.15) is 18.6 Å². The molecular weight excluding hydrogens is 254 g/mol. The Labute approximate surface area is 109 Å². The summed E-state index contributed by atoms with van der Waals surface area (Å²) >= 11 is 0. The molecule has 19 heavy (non-hydrogen) atoms. The predicted octanol–water partition coefficient (Wildman–Crippen LogP) is -0.948. The van der Waals surface area contributed by atoms with Crippen molar-refractivity contribution in [3.63, 3.8) is 0 Å². The number of hydrogen-bond donors (Lipinski definition) is 3. The van der Waals surface area contributed by atoms with E-state index in [0.29, 0.717) is 12.8 Å². The molecule has 1 saturated carbocycles. The minimum Gasteiger partial charge on any atom is -0.480 e. The average molecular weight is 269 g/mol. The third kappa shape index (κ3) is 2.67. The maximum atomic E-state index is 12.0. The second-order valence-electron chi connectivity index (χ2n) is 4.85. The fourth-order valence-electron chi connectivity index (χ4n) is 2.44. The first kappa shape index (κ1) is 13.3. The average Bonchev–Trinajstić information content (AvgIpc) is 2.77. The highest BCUT2D eigenvalue weighted by Crippen LogP contribution is 2.30. The molecule has 1 aliphatic heterocycles. The number of nitrogens with one attached hydrogen (secondary N) is 2. The third-order valence-corrected chi connectivity index (χ3v) is 3.45. The third-order valence-electron chi connectivity index (χ3n) is 3.45. The van der Waals surface area contributed by atoms with E-state index < -0.39 is 29.4 Å². The molecule has 0 aromatic carbocycles. The van der Waals surface area contributed by atoms with Gasteiger partial charge in [0.25, 0.3) is 0 Å².